The molecule has 0 radical (unpaired) electrons. The summed E-state index contributed by atoms with van der Waals surface area (Å²) in [5.41, 5.74) is 5.30. The molecular formula is C17H16Cl2N2O4. The summed E-state index contributed by atoms with van der Waals surface area (Å²) < 4.78 is 10.6. The molecule has 0 saturated heterocycles. The summed E-state index contributed by atoms with van der Waals surface area (Å²) in [6.07, 6.45) is 0. The molecule has 2 amide bonds. The van der Waals surface area contributed by atoms with E-state index in [-0.39, 0.29) is 13.2 Å². The number of nitrogens with one attached hydrogen (secondary N) is 2. The number of halogens is 2. The lowest BCUT2D eigenvalue weighted by atomic mass is 10.2. The summed E-state index contributed by atoms with van der Waals surface area (Å²) in [5.74, 6) is -0.0140. The van der Waals surface area contributed by atoms with Crippen LogP contribution in [0.1, 0.15) is 5.56 Å². The van der Waals surface area contributed by atoms with Crippen LogP contribution in [0.2, 0.25) is 10.0 Å². The molecule has 2 rings (SSSR count). The van der Waals surface area contributed by atoms with Crippen LogP contribution in [-0.4, -0.2) is 25.0 Å². The highest BCUT2D eigenvalue weighted by molar-refractivity contribution is 6.31. The van der Waals surface area contributed by atoms with Gasteiger partial charge in [0.25, 0.3) is 11.8 Å². The Balaban J connectivity index is 1.67. The van der Waals surface area contributed by atoms with Crippen molar-refractivity contribution in [2.24, 2.45) is 0 Å². The van der Waals surface area contributed by atoms with Gasteiger partial charge in [-0.3, -0.25) is 20.4 Å². The Hall–Kier alpha value is -2.44. The maximum atomic E-state index is 11.7. The fraction of sp³-hybridized carbons (Fsp3) is 0.176. The van der Waals surface area contributed by atoms with Gasteiger partial charge in [0.2, 0.25) is 0 Å². The topological polar surface area (TPSA) is 76.7 Å². The maximum Gasteiger partial charge on any atom is 0.276 e. The van der Waals surface area contributed by atoms with Crippen molar-refractivity contribution in [3.8, 4) is 11.5 Å². The number of hydrogen-bond acceptors (Lipinski definition) is 4. The van der Waals surface area contributed by atoms with Gasteiger partial charge in [0, 0.05) is 10.0 Å². The highest BCUT2D eigenvalue weighted by Gasteiger charge is 2.07. The van der Waals surface area contributed by atoms with Crippen molar-refractivity contribution in [1.29, 1.82) is 0 Å². The lowest BCUT2D eigenvalue weighted by Crippen LogP contribution is -2.45. The Labute approximate surface area is 155 Å². The molecule has 2 N–H and O–H groups in total. The van der Waals surface area contributed by atoms with E-state index in [1.54, 1.807) is 42.5 Å². The number of rotatable bonds is 6. The minimum absolute atomic E-state index is 0.251. The Morgan fingerprint density at radius 2 is 1.40 bits per heavy atom. The van der Waals surface area contributed by atoms with E-state index in [1.807, 2.05) is 6.92 Å². The second kappa shape index (κ2) is 9.15. The molecule has 0 saturated carbocycles. The van der Waals surface area contributed by atoms with Gasteiger partial charge in [-0.1, -0.05) is 23.2 Å². The Morgan fingerprint density at radius 1 is 0.880 bits per heavy atom. The smallest absolute Gasteiger partial charge is 0.276 e. The molecule has 0 atom stereocenters. The number of ether oxygens (including phenoxy) is 2. The van der Waals surface area contributed by atoms with E-state index in [4.69, 9.17) is 32.7 Å². The molecule has 0 fully saturated rings. The lowest BCUT2D eigenvalue weighted by Gasteiger charge is -2.10. The number of hydrazine groups is 1. The summed E-state index contributed by atoms with van der Waals surface area (Å²) >= 11 is 11.7. The number of benzene rings is 2. The van der Waals surface area contributed by atoms with Crippen molar-refractivity contribution >= 4 is 35.0 Å². The zero-order valence-corrected chi connectivity index (χ0v) is 14.9. The first-order valence-electron chi connectivity index (χ1n) is 7.29. The standard InChI is InChI=1S/C17H16Cl2N2O4/c1-11-8-14(6-7-15(11)19)25-10-17(23)21-20-16(22)9-24-13-4-2-12(18)3-5-13/h2-8H,9-10H2,1H3,(H,20,22)(H,21,23). The molecule has 0 spiro atoms. The summed E-state index contributed by atoms with van der Waals surface area (Å²) in [5, 5.41) is 1.18. The van der Waals surface area contributed by atoms with Gasteiger partial charge in [0.1, 0.15) is 11.5 Å². The van der Waals surface area contributed by atoms with Crippen molar-refractivity contribution in [2.75, 3.05) is 13.2 Å². The monoisotopic (exact) mass is 382 g/mol. The SMILES string of the molecule is Cc1cc(OCC(=O)NNC(=O)COc2ccc(Cl)cc2)ccc1Cl. The van der Waals surface area contributed by atoms with Crippen LogP contribution in [0.15, 0.2) is 42.5 Å². The predicted molar refractivity (Wildman–Crippen MR) is 94.9 cm³/mol. The minimum Gasteiger partial charge on any atom is -0.484 e. The van der Waals surface area contributed by atoms with E-state index in [9.17, 15) is 9.59 Å². The van der Waals surface area contributed by atoms with Crippen LogP contribution in [-0.2, 0) is 9.59 Å². The van der Waals surface area contributed by atoms with Crippen LogP contribution >= 0.6 is 23.2 Å². The van der Waals surface area contributed by atoms with Crippen LogP contribution in [0.3, 0.4) is 0 Å². The van der Waals surface area contributed by atoms with Gasteiger partial charge in [-0.25, -0.2) is 0 Å². The molecule has 2 aromatic carbocycles. The molecule has 2 aromatic rings. The van der Waals surface area contributed by atoms with Crippen molar-refractivity contribution in [1.82, 2.24) is 10.9 Å². The number of hydrogen-bond donors (Lipinski definition) is 2. The predicted octanol–water partition coefficient (Wildman–Crippen LogP) is 2.91. The highest BCUT2D eigenvalue weighted by Crippen LogP contribution is 2.20. The molecule has 0 heterocycles. The fourth-order valence-corrected chi connectivity index (χ4v) is 1.99. The molecule has 0 bridgehead atoms. The normalized spacial score (nSPS) is 10.0. The van der Waals surface area contributed by atoms with Crippen LogP contribution in [0.25, 0.3) is 0 Å². The quantitative estimate of drug-likeness (QED) is 0.753. The largest absolute Gasteiger partial charge is 0.484 e. The molecule has 132 valence electrons. The van der Waals surface area contributed by atoms with Crippen LogP contribution < -0.4 is 20.3 Å². The number of carbonyl (C=O) groups excluding carboxylic acids is 2. The van der Waals surface area contributed by atoms with Crippen molar-refractivity contribution in [2.45, 2.75) is 6.92 Å². The Morgan fingerprint density at radius 3 is 1.96 bits per heavy atom. The van der Waals surface area contributed by atoms with E-state index in [0.29, 0.717) is 21.5 Å². The fourth-order valence-electron chi connectivity index (χ4n) is 1.75. The van der Waals surface area contributed by atoms with Crippen LogP contribution in [0, 0.1) is 6.92 Å². The minimum atomic E-state index is -0.509. The van der Waals surface area contributed by atoms with Gasteiger partial charge in [0.15, 0.2) is 13.2 Å². The van der Waals surface area contributed by atoms with Crippen LogP contribution in [0.5, 0.6) is 11.5 Å². The second-order valence-corrected chi connectivity index (χ2v) is 5.88. The van der Waals surface area contributed by atoms with E-state index < -0.39 is 11.8 Å². The molecule has 8 heteroatoms. The van der Waals surface area contributed by atoms with E-state index >= 15 is 0 Å². The molecular weight excluding hydrogens is 367 g/mol. The molecule has 0 aliphatic rings. The van der Waals surface area contributed by atoms with Crippen molar-refractivity contribution < 1.29 is 19.1 Å². The molecule has 0 aromatic heterocycles. The van der Waals surface area contributed by atoms with E-state index in [2.05, 4.69) is 10.9 Å². The molecule has 6 nitrogen and oxygen atoms in total. The first-order chi connectivity index (χ1) is 11.9. The zero-order valence-electron chi connectivity index (χ0n) is 13.3. The highest BCUT2D eigenvalue weighted by atomic mass is 35.5. The number of carbonyl (C=O) groups is 2. The van der Waals surface area contributed by atoms with Gasteiger partial charge in [-0.15, -0.1) is 0 Å². The summed E-state index contributed by atoms with van der Waals surface area (Å²) in [7, 11) is 0. The second-order valence-electron chi connectivity index (χ2n) is 5.04. The Bertz CT molecular complexity index is 751. The van der Waals surface area contributed by atoms with Crippen molar-refractivity contribution in [3.05, 3.63) is 58.1 Å². The molecule has 25 heavy (non-hydrogen) atoms. The first-order valence-corrected chi connectivity index (χ1v) is 8.04. The third kappa shape index (κ3) is 6.52. The maximum absolute atomic E-state index is 11.7. The van der Waals surface area contributed by atoms with Gasteiger partial charge < -0.3 is 9.47 Å². The zero-order chi connectivity index (χ0) is 18.2. The summed E-state index contributed by atoms with van der Waals surface area (Å²) in [6, 6.07) is 11.6. The van der Waals surface area contributed by atoms with Crippen molar-refractivity contribution in [3.63, 3.8) is 0 Å². The van der Waals surface area contributed by atoms with Gasteiger partial charge in [0.05, 0.1) is 0 Å². The summed E-state index contributed by atoms with van der Waals surface area (Å²) in [4.78, 5) is 23.3. The number of amides is 2. The molecule has 0 aliphatic heterocycles. The molecule has 0 aliphatic carbocycles. The average Bonchev–Trinajstić information content (AvgIpc) is 2.60. The third-order valence-electron chi connectivity index (χ3n) is 3.02. The van der Waals surface area contributed by atoms with Gasteiger partial charge >= 0.3 is 0 Å². The molecule has 0 unspecified atom stereocenters. The van der Waals surface area contributed by atoms with Crippen LogP contribution in [0.4, 0.5) is 0 Å². The Kier molecular flexibility index (Phi) is 6.91. The summed E-state index contributed by atoms with van der Waals surface area (Å²) in [6.45, 7) is 1.33. The van der Waals surface area contributed by atoms with E-state index in [1.165, 1.54) is 0 Å². The van der Waals surface area contributed by atoms with E-state index in [0.717, 1.165) is 5.56 Å². The first kappa shape index (κ1) is 18.9. The number of aryl methyl sites for hydroxylation is 1. The lowest BCUT2D eigenvalue weighted by molar-refractivity contribution is -0.131. The third-order valence-corrected chi connectivity index (χ3v) is 3.70. The average molecular weight is 383 g/mol. The van der Waals surface area contributed by atoms with Gasteiger partial charge in [-0.05, 0) is 55.0 Å². The van der Waals surface area contributed by atoms with Gasteiger partial charge in [-0.2, -0.15) is 0 Å².